The van der Waals surface area contributed by atoms with Crippen molar-refractivity contribution < 1.29 is 14.6 Å². The molecule has 1 aromatic rings. The fourth-order valence-corrected chi connectivity index (χ4v) is 1.58. The molecule has 0 aliphatic carbocycles. The predicted octanol–water partition coefficient (Wildman–Crippen LogP) is 1.85. The zero-order chi connectivity index (χ0) is 13.4. The van der Waals surface area contributed by atoms with Crippen molar-refractivity contribution in [2.24, 2.45) is 0 Å². The van der Waals surface area contributed by atoms with Gasteiger partial charge in [0.1, 0.15) is 12.1 Å². The molecule has 0 aliphatic heterocycles. The standard InChI is InChI=1S/C13H16N2O3/c1-18-8-4-7-12(13(16)17)15-11-6-3-2-5-10(11)9-14/h2-3,5-6,12,15H,4,7-8H2,1H3,(H,16,17). The maximum atomic E-state index is 11.1. The number of nitrogens with zero attached hydrogens (tertiary/aromatic N) is 1. The zero-order valence-electron chi connectivity index (χ0n) is 10.2. The third-order valence-electron chi connectivity index (χ3n) is 2.52. The quantitative estimate of drug-likeness (QED) is 0.719. The van der Waals surface area contributed by atoms with Gasteiger partial charge in [0.2, 0.25) is 0 Å². The summed E-state index contributed by atoms with van der Waals surface area (Å²) >= 11 is 0. The van der Waals surface area contributed by atoms with Crippen molar-refractivity contribution in [3.05, 3.63) is 29.8 Å². The molecule has 1 rings (SSSR count). The lowest BCUT2D eigenvalue weighted by atomic mass is 10.1. The molecule has 0 spiro atoms. The van der Waals surface area contributed by atoms with Gasteiger partial charge >= 0.3 is 5.97 Å². The van der Waals surface area contributed by atoms with Crippen LogP contribution in [0.4, 0.5) is 5.69 Å². The normalized spacial score (nSPS) is 11.6. The molecule has 0 fully saturated rings. The molecule has 5 heteroatoms. The minimum Gasteiger partial charge on any atom is -0.480 e. The van der Waals surface area contributed by atoms with Crippen molar-refractivity contribution in [2.45, 2.75) is 18.9 Å². The van der Waals surface area contributed by atoms with Gasteiger partial charge in [0, 0.05) is 13.7 Å². The average Bonchev–Trinajstić information content (AvgIpc) is 2.38. The van der Waals surface area contributed by atoms with E-state index in [1.54, 1.807) is 31.4 Å². The van der Waals surface area contributed by atoms with Gasteiger partial charge in [-0.1, -0.05) is 12.1 Å². The van der Waals surface area contributed by atoms with Gasteiger partial charge < -0.3 is 15.2 Å². The van der Waals surface area contributed by atoms with Gasteiger partial charge in [-0.15, -0.1) is 0 Å². The molecule has 0 aliphatic rings. The van der Waals surface area contributed by atoms with Gasteiger partial charge in [-0.25, -0.2) is 4.79 Å². The van der Waals surface area contributed by atoms with E-state index < -0.39 is 12.0 Å². The van der Waals surface area contributed by atoms with Crippen LogP contribution in [0, 0.1) is 11.3 Å². The van der Waals surface area contributed by atoms with Crippen LogP contribution >= 0.6 is 0 Å². The van der Waals surface area contributed by atoms with Gasteiger partial charge in [-0.2, -0.15) is 5.26 Å². The number of carboxylic acids is 1. The molecule has 1 aromatic carbocycles. The molecule has 96 valence electrons. The molecule has 0 saturated carbocycles. The number of anilines is 1. The highest BCUT2D eigenvalue weighted by atomic mass is 16.5. The van der Waals surface area contributed by atoms with E-state index in [2.05, 4.69) is 5.32 Å². The van der Waals surface area contributed by atoms with E-state index >= 15 is 0 Å². The number of benzene rings is 1. The molecule has 18 heavy (non-hydrogen) atoms. The number of hydrogen-bond donors (Lipinski definition) is 2. The van der Waals surface area contributed by atoms with Crippen molar-refractivity contribution in [3.63, 3.8) is 0 Å². The summed E-state index contributed by atoms with van der Waals surface area (Å²) < 4.78 is 4.89. The van der Waals surface area contributed by atoms with E-state index in [4.69, 9.17) is 15.1 Å². The van der Waals surface area contributed by atoms with Gasteiger partial charge in [0.15, 0.2) is 0 Å². The molecular weight excluding hydrogens is 232 g/mol. The van der Waals surface area contributed by atoms with Crippen LogP contribution in [-0.4, -0.2) is 30.8 Å². The van der Waals surface area contributed by atoms with Gasteiger partial charge in [0.05, 0.1) is 11.3 Å². The number of methoxy groups -OCH3 is 1. The van der Waals surface area contributed by atoms with Crippen molar-refractivity contribution in [1.29, 1.82) is 5.26 Å². The summed E-state index contributed by atoms with van der Waals surface area (Å²) in [6.45, 7) is 0.519. The number of nitrogens with one attached hydrogen (secondary N) is 1. The Morgan fingerprint density at radius 3 is 2.89 bits per heavy atom. The van der Waals surface area contributed by atoms with Crippen LogP contribution in [0.3, 0.4) is 0 Å². The Kier molecular flexibility index (Phi) is 5.68. The van der Waals surface area contributed by atoms with Crippen LogP contribution in [0.5, 0.6) is 0 Å². The van der Waals surface area contributed by atoms with Crippen molar-refractivity contribution in [3.8, 4) is 6.07 Å². The van der Waals surface area contributed by atoms with Crippen LogP contribution in [0.2, 0.25) is 0 Å². The Bertz CT molecular complexity index is 440. The zero-order valence-corrected chi connectivity index (χ0v) is 10.2. The number of nitriles is 1. The fourth-order valence-electron chi connectivity index (χ4n) is 1.58. The highest BCUT2D eigenvalue weighted by molar-refractivity contribution is 5.78. The molecular formula is C13H16N2O3. The molecule has 1 atom stereocenters. The molecule has 1 unspecified atom stereocenters. The number of para-hydroxylation sites is 1. The van der Waals surface area contributed by atoms with Crippen LogP contribution < -0.4 is 5.32 Å². The van der Waals surface area contributed by atoms with Crippen LogP contribution in [0.15, 0.2) is 24.3 Å². The predicted molar refractivity (Wildman–Crippen MR) is 67.3 cm³/mol. The van der Waals surface area contributed by atoms with E-state index in [1.807, 2.05) is 6.07 Å². The number of ether oxygens (including phenoxy) is 1. The maximum absolute atomic E-state index is 11.1. The number of aliphatic carboxylic acids is 1. The van der Waals surface area contributed by atoms with Crippen LogP contribution in [0.25, 0.3) is 0 Å². The van der Waals surface area contributed by atoms with Crippen LogP contribution in [-0.2, 0) is 9.53 Å². The Morgan fingerprint density at radius 1 is 1.56 bits per heavy atom. The lowest BCUT2D eigenvalue weighted by Gasteiger charge is -2.16. The SMILES string of the molecule is COCCCC(Nc1ccccc1C#N)C(=O)O. The summed E-state index contributed by atoms with van der Waals surface area (Å²) in [6, 6.07) is 8.16. The first-order valence-electron chi connectivity index (χ1n) is 5.66. The van der Waals surface area contributed by atoms with Crippen molar-refractivity contribution in [2.75, 3.05) is 19.0 Å². The highest BCUT2D eigenvalue weighted by Crippen LogP contribution is 2.16. The molecule has 0 radical (unpaired) electrons. The highest BCUT2D eigenvalue weighted by Gasteiger charge is 2.17. The van der Waals surface area contributed by atoms with E-state index in [0.717, 1.165) is 0 Å². The van der Waals surface area contributed by atoms with Gasteiger partial charge in [0.25, 0.3) is 0 Å². The molecule has 0 bridgehead atoms. The lowest BCUT2D eigenvalue weighted by molar-refractivity contribution is -0.138. The Balaban J connectivity index is 2.71. The summed E-state index contributed by atoms with van der Waals surface area (Å²) in [4.78, 5) is 11.1. The minimum absolute atomic E-state index is 0.440. The summed E-state index contributed by atoms with van der Waals surface area (Å²) in [6.07, 6.45) is 1.10. The average molecular weight is 248 g/mol. The third kappa shape index (κ3) is 4.07. The second-order valence-corrected chi connectivity index (χ2v) is 3.83. The number of carbonyl (C=O) groups is 1. The second-order valence-electron chi connectivity index (χ2n) is 3.83. The number of hydrogen-bond acceptors (Lipinski definition) is 4. The first kappa shape index (κ1) is 14.0. The summed E-state index contributed by atoms with van der Waals surface area (Å²) in [5, 5.41) is 20.9. The number of carboxylic acid groups (broad SMARTS) is 1. The third-order valence-corrected chi connectivity index (χ3v) is 2.52. The van der Waals surface area contributed by atoms with E-state index in [9.17, 15) is 4.79 Å². The Hall–Kier alpha value is -2.06. The molecule has 5 nitrogen and oxygen atoms in total. The van der Waals surface area contributed by atoms with Gasteiger partial charge in [-0.05, 0) is 25.0 Å². The van der Waals surface area contributed by atoms with E-state index in [0.29, 0.717) is 30.7 Å². The van der Waals surface area contributed by atoms with Gasteiger partial charge in [-0.3, -0.25) is 0 Å². The summed E-state index contributed by atoms with van der Waals surface area (Å²) in [7, 11) is 1.58. The maximum Gasteiger partial charge on any atom is 0.326 e. The molecule has 0 saturated heterocycles. The monoisotopic (exact) mass is 248 g/mol. The fraction of sp³-hybridized carbons (Fsp3) is 0.385. The Labute approximate surface area is 106 Å². The Morgan fingerprint density at radius 2 is 2.28 bits per heavy atom. The van der Waals surface area contributed by atoms with Crippen molar-refractivity contribution >= 4 is 11.7 Å². The van der Waals surface area contributed by atoms with E-state index in [-0.39, 0.29) is 0 Å². The lowest BCUT2D eigenvalue weighted by Crippen LogP contribution is -2.29. The molecule has 0 aromatic heterocycles. The topological polar surface area (TPSA) is 82.3 Å². The molecule has 2 N–H and O–H groups in total. The molecule has 0 heterocycles. The number of rotatable bonds is 7. The second kappa shape index (κ2) is 7.30. The molecule has 0 amide bonds. The first-order valence-corrected chi connectivity index (χ1v) is 5.66. The summed E-state index contributed by atoms with van der Waals surface area (Å²) in [5.74, 6) is -0.932. The smallest absolute Gasteiger partial charge is 0.326 e. The largest absolute Gasteiger partial charge is 0.480 e. The summed E-state index contributed by atoms with van der Waals surface area (Å²) in [5.41, 5.74) is 0.986. The van der Waals surface area contributed by atoms with E-state index in [1.165, 1.54) is 0 Å². The minimum atomic E-state index is -0.932. The van der Waals surface area contributed by atoms with Crippen molar-refractivity contribution in [1.82, 2.24) is 0 Å². The van der Waals surface area contributed by atoms with Crippen LogP contribution in [0.1, 0.15) is 18.4 Å². The first-order chi connectivity index (χ1) is 8.69.